The summed E-state index contributed by atoms with van der Waals surface area (Å²) in [6.45, 7) is 0. The molecule has 3 aromatic carbocycles. The number of rotatable bonds is 5. The fraction of sp³-hybridized carbons (Fsp3) is 0.143. The van der Waals surface area contributed by atoms with E-state index in [1.165, 1.54) is 41.7 Å². The van der Waals surface area contributed by atoms with E-state index in [-0.39, 0.29) is 5.91 Å². The molecular formula is C28H24N2OS. The van der Waals surface area contributed by atoms with Crippen LogP contribution >= 0.6 is 11.3 Å². The van der Waals surface area contributed by atoms with E-state index in [1.54, 1.807) is 0 Å². The Balaban J connectivity index is 1.40. The third kappa shape index (κ3) is 4.56. The lowest BCUT2D eigenvalue weighted by Crippen LogP contribution is -2.13. The number of hydrogen-bond acceptors (Lipinski definition) is 3. The van der Waals surface area contributed by atoms with Crippen molar-refractivity contribution in [1.82, 2.24) is 4.98 Å². The molecule has 0 aliphatic heterocycles. The van der Waals surface area contributed by atoms with E-state index in [4.69, 9.17) is 4.98 Å². The molecule has 0 bridgehead atoms. The molecule has 1 aromatic heterocycles. The van der Waals surface area contributed by atoms with Crippen molar-refractivity contribution in [3.63, 3.8) is 0 Å². The lowest BCUT2D eigenvalue weighted by molar-refractivity contribution is -0.111. The fourth-order valence-electron chi connectivity index (χ4n) is 4.13. The molecule has 1 aliphatic rings. The van der Waals surface area contributed by atoms with Crippen molar-refractivity contribution in [1.29, 1.82) is 0 Å². The van der Waals surface area contributed by atoms with E-state index in [2.05, 4.69) is 23.5 Å². The Hall–Kier alpha value is -3.50. The summed E-state index contributed by atoms with van der Waals surface area (Å²) in [7, 11) is 0. The highest BCUT2D eigenvalue weighted by atomic mass is 32.1. The summed E-state index contributed by atoms with van der Waals surface area (Å²) in [5.41, 5.74) is 7.39. The first-order chi connectivity index (χ1) is 15.8. The lowest BCUT2D eigenvalue weighted by atomic mass is 9.90. The molecule has 32 heavy (non-hydrogen) atoms. The third-order valence-corrected chi connectivity index (χ3v) is 6.57. The highest BCUT2D eigenvalue weighted by Crippen LogP contribution is 2.30. The zero-order valence-corrected chi connectivity index (χ0v) is 18.6. The average molecular weight is 437 g/mol. The number of benzene rings is 3. The maximum atomic E-state index is 13.2. The number of nitrogens with zero attached hydrogens (tertiary/aromatic N) is 1. The van der Waals surface area contributed by atoms with Crippen molar-refractivity contribution < 1.29 is 4.79 Å². The third-order valence-electron chi connectivity index (χ3n) is 5.81. The molecule has 1 amide bonds. The Labute approximate surface area is 192 Å². The molecule has 0 radical (unpaired) electrons. The molecule has 1 N–H and O–H groups in total. The molecule has 1 heterocycles. The predicted molar refractivity (Wildman–Crippen MR) is 134 cm³/mol. The minimum absolute atomic E-state index is 0.161. The zero-order valence-electron chi connectivity index (χ0n) is 17.8. The molecule has 0 saturated carbocycles. The Morgan fingerprint density at radius 2 is 1.59 bits per heavy atom. The van der Waals surface area contributed by atoms with Crippen molar-refractivity contribution in [2.45, 2.75) is 25.7 Å². The second-order valence-electron chi connectivity index (χ2n) is 8.02. The van der Waals surface area contributed by atoms with Crippen LogP contribution in [0.4, 0.5) is 5.13 Å². The van der Waals surface area contributed by atoms with Crippen LogP contribution in [0.3, 0.4) is 0 Å². The van der Waals surface area contributed by atoms with Crippen LogP contribution in [0.2, 0.25) is 0 Å². The van der Waals surface area contributed by atoms with Gasteiger partial charge in [0.1, 0.15) is 0 Å². The number of anilines is 1. The number of thiazole rings is 1. The molecule has 1 aliphatic carbocycles. The lowest BCUT2D eigenvalue weighted by Gasteiger charge is -2.16. The largest absolute Gasteiger partial charge is 0.298 e. The summed E-state index contributed by atoms with van der Waals surface area (Å²) in [6, 6.07) is 26.3. The Morgan fingerprint density at radius 3 is 2.38 bits per heavy atom. The van der Waals surface area contributed by atoms with Crippen LogP contribution in [0, 0.1) is 0 Å². The summed E-state index contributed by atoms with van der Waals surface area (Å²) < 4.78 is 0. The van der Waals surface area contributed by atoms with Gasteiger partial charge >= 0.3 is 0 Å². The maximum Gasteiger partial charge on any atom is 0.258 e. The van der Waals surface area contributed by atoms with Gasteiger partial charge in [-0.2, -0.15) is 0 Å². The molecule has 3 nitrogen and oxygen atoms in total. The zero-order chi connectivity index (χ0) is 21.8. The second kappa shape index (κ2) is 9.33. The minimum Gasteiger partial charge on any atom is -0.298 e. The maximum absolute atomic E-state index is 13.2. The van der Waals surface area contributed by atoms with E-state index in [0.29, 0.717) is 10.7 Å². The summed E-state index contributed by atoms with van der Waals surface area (Å²) in [5, 5.41) is 5.64. The molecule has 5 rings (SSSR count). The Morgan fingerprint density at radius 1 is 0.875 bits per heavy atom. The van der Waals surface area contributed by atoms with Crippen molar-refractivity contribution in [2.75, 3.05) is 5.32 Å². The molecule has 0 spiro atoms. The summed E-state index contributed by atoms with van der Waals surface area (Å²) in [5.74, 6) is -0.161. The number of carbonyl (C=O) groups excluding carboxylic acids is 1. The number of nitrogens with one attached hydrogen (secondary N) is 1. The Bertz CT molecular complexity index is 1260. The first-order valence-corrected chi connectivity index (χ1v) is 11.9. The molecule has 4 aromatic rings. The summed E-state index contributed by atoms with van der Waals surface area (Å²) >= 11 is 1.46. The van der Waals surface area contributed by atoms with Gasteiger partial charge in [-0.3, -0.25) is 10.1 Å². The van der Waals surface area contributed by atoms with Crippen molar-refractivity contribution >= 4 is 34.0 Å². The van der Waals surface area contributed by atoms with Gasteiger partial charge in [0, 0.05) is 16.5 Å². The average Bonchev–Trinajstić information content (AvgIpc) is 3.32. The molecule has 0 saturated heterocycles. The number of hydrogen-bond donors (Lipinski definition) is 1. The van der Waals surface area contributed by atoms with Crippen molar-refractivity contribution in [2.24, 2.45) is 0 Å². The number of aryl methyl sites for hydroxylation is 2. The number of aromatic nitrogens is 1. The molecule has 0 atom stereocenters. The van der Waals surface area contributed by atoms with E-state index in [9.17, 15) is 4.79 Å². The molecular weight excluding hydrogens is 412 g/mol. The van der Waals surface area contributed by atoms with Crippen LogP contribution in [0.1, 0.15) is 35.1 Å². The molecule has 4 heteroatoms. The van der Waals surface area contributed by atoms with Gasteiger partial charge in [0.2, 0.25) is 0 Å². The summed E-state index contributed by atoms with van der Waals surface area (Å²) in [4.78, 5) is 18.0. The molecule has 0 unspecified atom stereocenters. The van der Waals surface area contributed by atoms with Crippen molar-refractivity contribution in [3.05, 3.63) is 106 Å². The van der Waals surface area contributed by atoms with E-state index >= 15 is 0 Å². The van der Waals surface area contributed by atoms with Gasteiger partial charge in [0.25, 0.3) is 5.91 Å². The summed E-state index contributed by atoms with van der Waals surface area (Å²) in [6.07, 6.45) is 6.76. The van der Waals surface area contributed by atoms with Crippen LogP contribution in [0.15, 0.2) is 84.2 Å². The quantitative estimate of drug-likeness (QED) is 0.274. The molecule has 0 fully saturated rings. The van der Waals surface area contributed by atoms with E-state index in [0.717, 1.165) is 28.8 Å². The van der Waals surface area contributed by atoms with Crippen molar-refractivity contribution in [3.8, 4) is 11.3 Å². The first-order valence-electron chi connectivity index (χ1n) is 11.0. The van der Waals surface area contributed by atoms with Crippen LogP contribution in [0.25, 0.3) is 22.9 Å². The highest BCUT2D eigenvalue weighted by Gasteiger charge is 2.16. The van der Waals surface area contributed by atoms with Gasteiger partial charge in [0.05, 0.1) is 5.69 Å². The first kappa shape index (κ1) is 20.4. The van der Waals surface area contributed by atoms with Gasteiger partial charge in [-0.25, -0.2) is 4.98 Å². The smallest absolute Gasteiger partial charge is 0.258 e. The van der Waals surface area contributed by atoms with Gasteiger partial charge in [-0.1, -0.05) is 72.8 Å². The normalized spacial score (nSPS) is 13.4. The van der Waals surface area contributed by atoms with Gasteiger partial charge in [0.15, 0.2) is 5.13 Å². The fourth-order valence-corrected chi connectivity index (χ4v) is 4.85. The molecule has 158 valence electrons. The monoisotopic (exact) mass is 436 g/mol. The highest BCUT2D eigenvalue weighted by molar-refractivity contribution is 7.14. The SMILES string of the molecule is O=C(Nc1nc(-c2ccc3c(c2)CCCC3)cs1)/C(=C/c1ccccc1)c1ccccc1. The van der Waals surface area contributed by atoms with Gasteiger partial charge in [-0.15, -0.1) is 11.3 Å². The van der Waals surface area contributed by atoms with Gasteiger partial charge < -0.3 is 0 Å². The van der Waals surface area contributed by atoms with Crippen LogP contribution in [-0.4, -0.2) is 10.9 Å². The van der Waals surface area contributed by atoms with Crippen LogP contribution in [0.5, 0.6) is 0 Å². The van der Waals surface area contributed by atoms with E-state index < -0.39 is 0 Å². The standard InChI is InChI=1S/C28H24N2OS/c31-27(25(22-12-5-2-6-13-22)17-20-9-3-1-4-10-20)30-28-29-26(19-32-28)24-16-15-21-11-7-8-14-23(21)18-24/h1-6,9-10,12-13,15-19H,7-8,11,14H2,(H,29,30,31)/b25-17+. The minimum atomic E-state index is -0.161. The second-order valence-corrected chi connectivity index (χ2v) is 8.88. The number of amides is 1. The Kier molecular flexibility index (Phi) is 5.95. The van der Waals surface area contributed by atoms with Crippen LogP contribution < -0.4 is 5.32 Å². The van der Waals surface area contributed by atoms with Gasteiger partial charge in [-0.05, 0) is 60.1 Å². The van der Waals surface area contributed by atoms with E-state index in [1.807, 2.05) is 72.1 Å². The van der Waals surface area contributed by atoms with Crippen LogP contribution in [-0.2, 0) is 17.6 Å². The predicted octanol–water partition coefficient (Wildman–Crippen LogP) is 6.87. The number of fused-ring (bicyclic) bond motifs is 1. The topological polar surface area (TPSA) is 42.0 Å². The number of carbonyl (C=O) groups is 1.